The van der Waals surface area contributed by atoms with Crippen molar-refractivity contribution in [1.29, 1.82) is 0 Å². The summed E-state index contributed by atoms with van der Waals surface area (Å²) >= 11 is 0. The van der Waals surface area contributed by atoms with Crippen molar-refractivity contribution in [3.8, 4) is 5.75 Å². The van der Waals surface area contributed by atoms with E-state index in [1.807, 2.05) is 30.3 Å². The highest BCUT2D eigenvalue weighted by Gasteiger charge is 2.39. The van der Waals surface area contributed by atoms with Crippen molar-refractivity contribution in [3.63, 3.8) is 0 Å². The van der Waals surface area contributed by atoms with E-state index in [0.717, 1.165) is 4.68 Å². The maximum Gasteiger partial charge on any atom is 0.410 e. The lowest BCUT2D eigenvalue weighted by molar-refractivity contribution is -0.392. The first kappa shape index (κ1) is 20.6. The first-order valence-electron chi connectivity index (χ1n) is 10.0. The van der Waals surface area contributed by atoms with E-state index in [0.29, 0.717) is 38.2 Å². The molecule has 1 unspecified atom stereocenters. The van der Waals surface area contributed by atoms with Gasteiger partial charge in [-0.2, -0.15) is 0 Å². The largest absolute Gasteiger partial charge is 0.490 e. The number of amides is 2. The summed E-state index contributed by atoms with van der Waals surface area (Å²) in [5, 5.41) is 15.1. The molecule has 2 aliphatic heterocycles. The van der Waals surface area contributed by atoms with E-state index in [4.69, 9.17) is 9.47 Å². The summed E-state index contributed by atoms with van der Waals surface area (Å²) < 4.78 is 12.2. The Morgan fingerprint density at radius 3 is 2.68 bits per heavy atom. The van der Waals surface area contributed by atoms with Crippen LogP contribution in [0.3, 0.4) is 0 Å². The maximum absolute atomic E-state index is 12.7. The van der Waals surface area contributed by atoms with Crippen molar-refractivity contribution >= 4 is 17.8 Å². The highest BCUT2D eigenvalue weighted by atomic mass is 16.6. The van der Waals surface area contributed by atoms with Crippen molar-refractivity contribution in [2.24, 2.45) is 7.05 Å². The van der Waals surface area contributed by atoms with Crippen LogP contribution in [0.2, 0.25) is 0 Å². The zero-order valence-corrected chi connectivity index (χ0v) is 17.0. The van der Waals surface area contributed by atoms with Gasteiger partial charge in [0.1, 0.15) is 19.4 Å². The number of nitrogens with zero attached hydrogens (tertiary/aromatic N) is 5. The number of rotatable bonds is 6. The van der Waals surface area contributed by atoms with Gasteiger partial charge in [0.2, 0.25) is 0 Å². The molecular formula is C20H23N5O6. The van der Waals surface area contributed by atoms with Crippen molar-refractivity contribution in [3.05, 3.63) is 52.2 Å². The molecule has 0 spiro atoms. The fourth-order valence-corrected chi connectivity index (χ4v) is 3.98. The Kier molecular flexibility index (Phi) is 5.74. The van der Waals surface area contributed by atoms with Gasteiger partial charge < -0.3 is 29.4 Å². The quantitative estimate of drug-likeness (QED) is 0.507. The van der Waals surface area contributed by atoms with Crippen LogP contribution >= 0.6 is 0 Å². The summed E-state index contributed by atoms with van der Waals surface area (Å²) in [5.41, 5.74) is -0.0235. The Morgan fingerprint density at radius 1 is 1.29 bits per heavy atom. The molecule has 2 aliphatic rings. The third-order valence-electron chi connectivity index (χ3n) is 5.58. The van der Waals surface area contributed by atoms with Gasteiger partial charge in [-0.1, -0.05) is 23.3 Å². The molecule has 2 saturated heterocycles. The topological polar surface area (TPSA) is 120 Å². The van der Waals surface area contributed by atoms with Crippen LogP contribution in [-0.2, 0) is 11.8 Å². The van der Waals surface area contributed by atoms with Gasteiger partial charge >= 0.3 is 11.9 Å². The molecule has 2 aromatic rings. The number of hydrogen-bond acceptors (Lipinski definition) is 7. The molecule has 1 aromatic heterocycles. The first-order chi connectivity index (χ1) is 14.9. The molecule has 2 fully saturated rings. The lowest BCUT2D eigenvalue weighted by Gasteiger charge is -2.35. The van der Waals surface area contributed by atoms with E-state index >= 15 is 0 Å². The summed E-state index contributed by atoms with van der Waals surface area (Å²) in [4.78, 5) is 39.0. The SMILES string of the molecule is Cn1ncc(C(=O)N2CCC(N3CC(COc4ccccc4)OC3=O)CC2)c1[N+](=O)[O-]. The summed E-state index contributed by atoms with van der Waals surface area (Å²) in [6.07, 6.45) is 1.63. The van der Waals surface area contributed by atoms with Gasteiger partial charge in [0.15, 0.2) is 11.7 Å². The lowest BCUT2D eigenvalue weighted by Crippen LogP contribution is -2.47. The molecule has 164 valence electrons. The minimum absolute atomic E-state index is 0.0235. The van der Waals surface area contributed by atoms with E-state index in [2.05, 4.69) is 5.10 Å². The fourth-order valence-electron chi connectivity index (χ4n) is 3.98. The number of carbonyl (C=O) groups excluding carboxylic acids is 2. The second-order valence-electron chi connectivity index (χ2n) is 7.57. The van der Waals surface area contributed by atoms with Crippen molar-refractivity contribution < 1.29 is 24.0 Å². The van der Waals surface area contributed by atoms with Crippen LogP contribution in [0.25, 0.3) is 0 Å². The van der Waals surface area contributed by atoms with E-state index in [1.165, 1.54) is 13.2 Å². The molecule has 2 amide bonds. The summed E-state index contributed by atoms with van der Waals surface area (Å²) in [7, 11) is 1.43. The monoisotopic (exact) mass is 429 g/mol. The smallest absolute Gasteiger partial charge is 0.410 e. The molecule has 1 aromatic carbocycles. The third-order valence-corrected chi connectivity index (χ3v) is 5.58. The van der Waals surface area contributed by atoms with Crippen molar-refractivity contribution in [2.45, 2.75) is 25.0 Å². The summed E-state index contributed by atoms with van der Waals surface area (Å²) in [6, 6.07) is 9.27. The number of aryl methyl sites for hydroxylation is 1. The van der Waals surface area contributed by atoms with E-state index in [9.17, 15) is 19.7 Å². The Hall–Kier alpha value is -3.63. The van der Waals surface area contributed by atoms with Crippen LogP contribution < -0.4 is 4.74 Å². The first-order valence-corrected chi connectivity index (χ1v) is 10.0. The molecule has 31 heavy (non-hydrogen) atoms. The molecule has 0 saturated carbocycles. The number of carbonyl (C=O) groups is 2. The Bertz CT molecular complexity index is 970. The predicted molar refractivity (Wildman–Crippen MR) is 108 cm³/mol. The van der Waals surface area contributed by atoms with Crippen molar-refractivity contribution in [2.75, 3.05) is 26.2 Å². The molecule has 11 heteroatoms. The van der Waals surface area contributed by atoms with Gasteiger partial charge in [0, 0.05) is 19.1 Å². The number of nitro groups is 1. The maximum atomic E-state index is 12.7. The second-order valence-corrected chi connectivity index (χ2v) is 7.57. The van der Waals surface area contributed by atoms with Gasteiger partial charge in [-0.3, -0.25) is 4.79 Å². The number of aromatic nitrogens is 2. The Labute approximate surface area is 178 Å². The number of benzene rings is 1. The molecule has 0 aliphatic carbocycles. The minimum atomic E-state index is -0.606. The molecule has 0 bridgehead atoms. The molecule has 0 N–H and O–H groups in total. The number of hydrogen-bond donors (Lipinski definition) is 0. The lowest BCUT2D eigenvalue weighted by atomic mass is 10.0. The average molecular weight is 429 g/mol. The van der Waals surface area contributed by atoms with E-state index < -0.39 is 10.8 Å². The van der Waals surface area contributed by atoms with Gasteiger partial charge in [-0.15, -0.1) is 4.68 Å². The van der Waals surface area contributed by atoms with Crippen LogP contribution in [0, 0.1) is 10.1 Å². The van der Waals surface area contributed by atoms with E-state index in [-0.39, 0.29) is 36.2 Å². The normalized spacial score (nSPS) is 19.4. The predicted octanol–water partition coefficient (Wildman–Crippen LogP) is 1.83. The number of para-hydroxylation sites is 1. The zero-order chi connectivity index (χ0) is 22.0. The van der Waals surface area contributed by atoms with Gasteiger partial charge in [-0.25, -0.2) is 4.79 Å². The van der Waals surface area contributed by atoms with Crippen LogP contribution in [0.5, 0.6) is 5.75 Å². The average Bonchev–Trinajstić information content (AvgIpc) is 3.35. The molecule has 4 rings (SSSR count). The van der Waals surface area contributed by atoms with Gasteiger partial charge in [0.05, 0.1) is 12.7 Å². The van der Waals surface area contributed by atoms with Gasteiger partial charge in [-0.05, 0) is 29.9 Å². The number of ether oxygens (including phenoxy) is 2. The molecule has 3 heterocycles. The minimum Gasteiger partial charge on any atom is -0.490 e. The highest BCUT2D eigenvalue weighted by molar-refractivity contribution is 5.97. The standard InChI is InChI=1S/C20H23N5O6/c1-22-18(25(28)29)17(11-21-22)19(26)23-9-7-14(8-10-23)24-12-16(31-20(24)27)13-30-15-5-3-2-4-6-15/h2-6,11,14,16H,7-10,12-13H2,1H3. The fraction of sp³-hybridized carbons (Fsp3) is 0.450. The number of cyclic esters (lactones) is 1. The highest BCUT2D eigenvalue weighted by Crippen LogP contribution is 2.26. The number of piperidine rings is 1. The molecular weight excluding hydrogens is 406 g/mol. The Morgan fingerprint density at radius 2 is 2.00 bits per heavy atom. The van der Waals surface area contributed by atoms with Crippen LogP contribution in [0.15, 0.2) is 36.5 Å². The van der Waals surface area contributed by atoms with Crippen molar-refractivity contribution in [1.82, 2.24) is 19.6 Å². The Balaban J connectivity index is 1.31. The third kappa shape index (κ3) is 4.30. The molecule has 0 radical (unpaired) electrons. The van der Waals surface area contributed by atoms with Gasteiger partial charge in [0.25, 0.3) is 5.91 Å². The zero-order valence-electron chi connectivity index (χ0n) is 17.0. The number of likely N-dealkylation sites (tertiary alicyclic amines) is 1. The molecule has 1 atom stereocenters. The molecule has 11 nitrogen and oxygen atoms in total. The second kappa shape index (κ2) is 8.62. The van der Waals surface area contributed by atoms with Crippen LogP contribution in [0.4, 0.5) is 10.6 Å². The summed E-state index contributed by atoms with van der Waals surface area (Å²) in [5.74, 6) is -0.0267. The van der Waals surface area contributed by atoms with E-state index in [1.54, 1.807) is 9.80 Å². The van der Waals surface area contributed by atoms with Crippen LogP contribution in [0.1, 0.15) is 23.2 Å². The summed E-state index contributed by atoms with van der Waals surface area (Å²) in [6.45, 7) is 1.49. The van der Waals surface area contributed by atoms with Crippen LogP contribution in [-0.4, -0.2) is 74.9 Å².